The molecule has 1 heterocycles. The fourth-order valence-electron chi connectivity index (χ4n) is 3.09. The van der Waals surface area contributed by atoms with Gasteiger partial charge in [0, 0.05) is 30.8 Å². The zero-order chi connectivity index (χ0) is 18.7. The number of carbonyl (C=O) groups is 1. The summed E-state index contributed by atoms with van der Waals surface area (Å²) in [6, 6.07) is 10.6. The van der Waals surface area contributed by atoms with Crippen LogP contribution in [0.4, 0.5) is 21.5 Å². The van der Waals surface area contributed by atoms with Gasteiger partial charge in [-0.05, 0) is 37.1 Å². The van der Waals surface area contributed by atoms with Gasteiger partial charge in [0.15, 0.2) is 0 Å². The summed E-state index contributed by atoms with van der Waals surface area (Å²) in [5, 5.41) is 13.9. The Morgan fingerprint density at radius 1 is 1.23 bits per heavy atom. The molecule has 1 saturated heterocycles. The summed E-state index contributed by atoms with van der Waals surface area (Å²) in [5.74, 6) is -0.907. The zero-order valence-corrected chi connectivity index (χ0v) is 14.6. The highest BCUT2D eigenvalue weighted by molar-refractivity contribution is 6.31. The molecule has 0 aromatic heterocycles. The van der Waals surface area contributed by atoms with Gasteiger partial charge in [0.05, 0.1) is 9.95 Å². The molecule has 0 radical (unpaired) electrons. The van der Waals surface area contributed by atoms with Gasteiger partial charge in [-0.15, -0.1) is 0 Å². The summed E-state index contributed by atoms with van der Waals surface area (Å²) < 4.78 is 13.2. The molecule has 0 saturated carbocycles. The van der Waals surface area contributed by atoms with Crippen LogP contribution in [0.15, 0.2) is 42.5 Å². The van der Waals surface area contributed by atoms with Crippen LogP contribution in [-0.4, -0.2) is 23.9 Å². The van der Waals surface area contributed by atoms with Crippen LogP contribution in [0, 0.1) is 21.8 Å². The number of anilines is 2. The molecular weight excluding hydrogens is 361 g/mol. The number of benzene rings is 2. The highest BCUT2D eigenvalue weighted by Gasteiger charge is 2.28. The van der Waals surface area contributed by atoms with Crippen LogP contribution in [0.5, 0.6) is 0 Å². The van der Waals surface area contributed by atoms with Crippen molar-refractivity contribution in [3.05, 3.63) is 63.4 Å². The number of piperidine rings is 1. The zero-order valence-electron chi connectivity index (χ0n) is 13.8. The first-order valence-corrected chi connectivity index (χ1v) is 8.58. The number of amides is 1. The Morgan fingerprint density at radius 2 is 1.92 bits per heavy atom. The molecule has 6 nitrogen and oxygen atoms in total. The quantitative estimate of drug-likeness (QED) is 0.638. The Hall–Kier alpha value is -2.67. The van der Waals surface area contributed by atoms with Crippen LogP contribution in [0.1, 0.15) is 12.8 Å². The molecule has 1 N–H and O–H groups in total. The lowest BCUT2D eigenvalue weighted by Crippen LogP contribution is -2.38. The predicted octanol–water partition coefficient (Wildman–Crippen LogP) is 4.24. The first kappa shape index (κ1) is 18.1. The van der Waals surface area contributed by atoms with Crippen molar-refractivity contribution in [1.82, 2.24) is 0 Å². The van der Waals surface area contributed by atoms with E-state index >= 15 is 0 Å². The van der Waals surface area contributed by atoms with Crippen molar-refractivity contribution >= 4 is 34.6 Å². The van der Waals surface area contributed by atoms with Crippen molar-refractivity contribution in [2.24, 2.45) is 5.92 Å². The Kier molecular flexibility index (Phi) is 5.37. The summed E-state index contributed by atoms with van der Waals surface area (Å²) >= 11 is 5.72. The number of rotatable bonds is 4. The van der Waals surface area contributed by atoms with Crippen molar-refractivity contribution in [2.75, 3.05) is 23.3 Å². The van der Waals surface area contributed by atoms with Crippen LogP contribution >= 0.6 is 11.6 Å². The monoisotopic (exact) mass is 377 g/mol. The normalized spacial score (nSPS) is 14.9. The number of nitro groups is 1. The number of para-hydroxylation sites is 2. The minimum Gasteiger partial charge on any atom is -0.366 e. The van der Waals surface area contributed by atoms with Gasteiger partial charge in [0.2, 0.25) is 5.91 Å². The fourth-order valence-corrected chi connectivity index (χ4v) is 3.27. The Bertz CT molecular complexity index is 838. The SMILES string of the molecule is O=C(Nc1ccc(F)c(Cl)c1)C1CCN(c2ccccc2[N+](=O)[O-])CC1. The van der Waals surface area contributed by atoms with Gasteiger partial charge < -0.3 is 10.2 Å². The lowest BCUT2D eigenvalue weighted by molar-refractivity contribution is -0.384. The van der Waals surface area contributed by atoms with E-state index in [4.69, 9.17) is 11.6 Å². The molecule has 1 aliphatic rings. The summed E-state index contributed by atoms with van der Waals surface area (Å²) in [6.07, 6.45) is 1.15. The van der Waals surface area contributed by atoms with E-state index in [1.54, 1.807) is 18.2 Å². The van der Waals surface area contributed by atoms with Crippen LogP contribution in [0.2, 0.25) is 5.02 Å². The van der Waals surface area contributed by atoms with Crippen molar-refractivity contribution in [2.45, 2.75) is 12.8 Å². The van der Waals surface area contributed by atoms with E-state index in [0.29, 0.717) is 37.3 Å². The molecule has 26 heavy (non-hydrogen) atoms. The third-order valence-electron chi connectivity index (χ3n) is 4.47. The molecule has 8 heteroatoms. The Labute approximate surface area is 154 Å². The molecular formula is C18H17ClFN3O3. The van der Waals surface area contributed by atoms with Gasteiger partial charge in [0.25, 0.3) is 5.69 Å². The minimum absolute atomic E-state index is 0.0472. The maximum absolute atomic E-state index is 13.2. The van der Waals surface area contributed by atoms with Crippen LogP contribution in [0.3, 0.4) is 0 Å². The number of carbonyl (C=O) groups excluding carboxylic acids is 1. The summed E-state index contributed by atoms with van der Waals surface area (Å²) in [4.78, 5) is 25.1. The van der Waals surface area contributed by atoms with Crippen LogP contribution in [-0.2, 0) is 4.79 Å². The Morgan fingerprint density at radius 3 is 2.58 bits per heavy atom. The van der Waals surface area contributed by atoms with E-state index in [2.05, 4.69) is 5.32 Å². The van der Waals surface area contributed by atoms with Crippen molar-refractivity contribution in [3.8, 4) is 0 Å². The summed E-state index contributed by atoms with van der Waals surface area (Å²) in [5.41, 5.74) is 1.08. The highest BCUT2D eigenvalue weighted by atomic mass is 35.5. The smallest absolute Gasteiger partial charge is 0.292 e. The van der Waals surface area contributed by atoms with Crippen LogP contribution < -0.4 is 10.2 Å². The third kappa shape index (κ3) is 3.94. The van der Waals surface area contributed by atoms with Gasteiger partial charge >= 0.3 is 0 Å². The minimum atomic E-state index is -0.539. The molecule has 1 aliphatic heterocycles. The molecule has 1 fully saturated rings. The fraction of sp³-hybridized carbons (Fsp3) is 0.278. The topological polar surface area (TPSA) is 75.5 Å². The molecule has 0 spiro atoms. The lowest BCUT2D eigenvalue weighted by Gasteiger charge is -2.32. The molecule has 2 aromatic rings. The van der Waals surface area contributed by atoms with Crippen molar-refractivity contribution in [3.63, 3.8) is 0 Å². The maximum atomic E-state index is 13.2. The second kappa shape index (κ2) is 7.70. The van der Waals surface area contributed by atoms with Gasteiger partial charge in [0.1, 0.15) is 11.5 Å². The lowest BCUT2D eigenvalue weighted by atomic mass is 9.95. The molecule has 2 aromatic carbocycles. The molecule has 0 unspecified atom stereocenters. The number of nitrogens with one attached hydrogen (secondary N) is 1. The maximum Gasteiger partial charge on any atom is 0.292 e. The van der Waals surface area contributed by atoms with Gasteiger partial charge in [-0.25, -0.2) is 4.39 Å². The highest BCUT2D eigenvalue weighted by Crippen LogP contribution is 2.31. The van der Waals surface area contributed by atoms with E-state index in [0.717, 1.165) is 0 Å². The first-order chi connectivity index (χ1) is 12.5. The van der Waals surface area contributed by atoms with Crippen molar-refractivity contribution < 1.29 is 14.1 Å². The van der Waals surface area contributed by atoms with E-state index in [9.17, 15) is 19.3 Å². The molecule has 3 rings (SSSR count). The predicted molar refractivity (Wildman–Crippen MR) is 98.1 cm³/mol. The first-order valence-electron chi connectivity index (χ1n) is 8.20. The van der Waals surface area contributed by atoms with Gasteiger partial charge in [-0.2, -0.15) is 0 Å². The average molecular weight is 378 g/mol. The molecule has 0 bridgehead atoms. The van der Waals surface area contributed by atoms with E-state index in [1.807, 2.05) is 4.90 Å². The second-order valence-electron chi connectivity index (χ2n) is 6.13. The largest absolute Gasteiger partial charge is 0.366 e. The van der Waals surface area contributed by atoms with Gasteiger partial charge in [-0.3, -0.25) is 14.9 Å². The molecule has 0 aliphatic carbocycles. The summed E-state index contributed by atoms with van der Waals surface area (Å²) in [7, 11) is 0. The number of nitrogens with zero attached hydrogens (tertiary/aromatic N) is 2. The molecule has 136 valence electrons. The number of halogens is 2. The van der Waals surface area contributed by atoms with Crippen LogP contribution in [0.25, 0.3) is 0 Å². The Balaban J connectivity index is 1.62. The molecule has 1 amide bonds. The number of hydrogen-bond acceptors (Lipinski definition) is 4. The van der Waals surface area contributed by atoms with Gasteiger partial charge in [-0.1, -0.05) is 23.7 Å². The summed E-state index contributed by atoms with van der Waals surface area (Å²) in [6.45, 7) is 1.10. The average Bonchev–Trinajstić information content (AvgIpc) is 2.65. The van der Waals surface area contributed by atoms with E-state index in [-0.39, 0.29) is 22.5 Å². The number of hydrogen-bond donors (Lipinski definition) is 1. The van der Waals surface area contributed by atoms with E-state index < -0.39 is 10.7 Å². The third-order valence-corrected chi connectivity index (χ3v) is 4.76. The van der Waals surface area contributed by atoms with Crippen molar-refractivity contribution in [1.29, 1.82) is 0 Å². The standard InChI is InChI=1S/C18H17ClFN3O3/c19-14-11-13(5-6-15(14)20)21-18(24)12-7-9-22(10-8-12)16-3-1-2-4-17(16)23(25)26/h1-6,11-12H,7-10H2,(H,21,24). The number of nitro benzene ring substituents is 1. The van der Waals surface area contributed by atoms with E-state index in [1.165, 1.54) is 24.3 Å². The second-order valence-corrected chi connectivity index (χ2v) is 6.53. The molecule has 0 atom stereocenters.